The summed E-state index contributed by atoms with van der Waals surface area (Å²) in [5.74, 6) is 1.01. The first kappa shape index (κ1) is 13.0. The standard InChI is InChI=1S/C14H23NO/c1-6-11(3)16-14-9-10(2)7-8-13(14)12(4)15-5/h7-9,11-12,15H,6H2,1-5H3. The van der Waals surface area contributed by atoms with Gasteiger partial charge in [0.2, 0.25) is 0 Å². The van der Waals surface area contributed by atoms with Gasteiger partial charge in [0.25, 0.3) is 0 Å². The molecule has 0 bridgehead atoms. The molecule has 0 radical (unpaired) electrons. The van der Waals surface area contributed by atoms with Crippen molar-refractivity contribution < 1.29 is 4.74 Å². The lowest BCUT2D eigenvalue weighted by Crippen LogP contribution is -2.16. The molecule has 1 rings (SSSR count). The Balaban J connectivity index is 2.98. The van der Waals surface area contributed by atoms with Crippen molar-refractivity contribution in [2.75, 3.05) is 7.05 Å². The molecule has 0 saturated heterocycles. The van der Waals surface area contributed by atoms with E-state index in [1.54, 1.807) is 0 Å². The molecule has 16 heavy (non-hydrogen) atoms. The molecule has 0 aliphatic carbocycles. The van der Waals surface area contributed by atoms with Crippen molar-refractivity contribution in [1.82, 2.24) is 5.32 Å². The fourth-order valence-corrected chi connectivity index (χ4v) is 1.56. The molecule has 2 unspecified atom stereocenters. The monoisotopic (exact) mass is 221 g/mol. The van der Waals surface area contributed by atoms with Crippen molar-refractivity contribution in [1.29, 1.82) is 0 Å². The summed E-state index contributed by atoms with van der Waals surface area (Å²) in [6.07, 6.45) is 1.30. The Kier molecular flexibility index (Phi) is 4.81. The highest BCUT2D eigenvalue weighted by Gasteiger charge is 2.12. The zero-order valence-electron chi connectivity index (χ0n) is 11.0. The van der Waals surface area contributed by atoms with Crippen LogP contribution < -0.4 is 10.1 Å². The van der Waals surface area contributed by atoms with E-state index < -0.39 is 0 Å². The number of ether oxygens (including phenoxy) is 1. The zero-order chi connectivity index (χ0) is 12.1. The van der Waals surface area contributed by atoms with Crippen molar-refractivity contribution in [3.63, 3.8) is 0 Å². The van der Waals surface area contributed by atoms with Crippen molar-refractivity contribution in [3.05, 3.63) is 29.3 Å². The highest BCUT2D eigenvalue weighted by atomic mass is 16.5. The Morgan fingerprint density at radius 2 is 2.00 bits per heavy atom. The Hall–Kier alpha value is -1.02. The molecule has 1 N–H and O–H groups in total. The lowest BCUT2D eigenvalue weighted by atomic mass is 10.0. The van der Waals surface area contributed by atoms with E-state index in [-0.39, 0.29) is 6.10 Å². The Morgan fingerprint density at radius 3 is 2.56 bits per heavy atom. The van der Waals surface area contributed by atoms with Crippen LogP contribution in [-0.4, -0.2) is 13.2 Å². The number of hydrogen-bond donors (Lipinski definition) is 1. The molecular formula is C14H23NO. The second-order valence-electron chi connectivity index (χ2n) is 4.39. The molecule has 90 valence electrons. The Labute approximate surface area is 99.0 Å². The van der Waals surface area contributed by atoms with Gasteiger partial charge in [-0.25, -0.2) is 0 Å². The van der Waals surface area contributed by atoms with E-state index in [2.05, 4.69) is 51.2 Å². The lowest BCUT2D eigenvalue weighted by Gasteiger charge is -2.20. The van der Waals surface area contributed by atoms with Crippen LogP contribution in [-0.2, 0) is 0 Å². The highest BCUT2D eigenvalue weighted by Crippen LogP contribution is 2.27. The lowest BCUT2D eigenvalue weighted by molar-refractivity contribution is 0.214. The fourth-order valence-electron chi connectivity index (χ4n) is 1.56. The predicted octanol–water partition coefficient (Wildman–Crippen LogP) is 3.45. The fraction of sp³-hybridized carbons (Fsp3) is 0.571. The van der Waals surface area contributed by atoms with Gasteiger partial charge in [0, 0.05) is 11.6 Å². The molecule has 2 nitrogen and oxygen atoms in total. The summed E-state index contributed by atoms with van der Waals surface area (Å²) in [4.78, 5) is 0. The van der Waals surface area contributed by atoms with E-state index in [1.807, 2.05) is 7.05 Å². The molecule has 0 amide bonds. The van der Waals surface area contributed by atoms with Crippen molar-refractivity contribution in [2.24, 2.45) is 0 Å². The van der Waals surface area contributed by atoms with Crippen LogP contribution in [0, 0.1) is 6.92 Å². The topological polar surface area (TPSA) is 21.3 Å². The van der Waals surface area contributed by atoms with Gasteiger partial charge in [0.05, 0.1) is 6.10 Å². The minimum atomic E-state index is 0.268. The first-order valence-electron chi connectivity index (χ1n) is 6.03. The van der Waals surface area contributed by atoms with Gasteiger partial charge in [0.15, 0.2) is 0 Å². The van der Waals surface area contributed by atoms with Crippen LogP contribution in [0.25, 0.3) is 0 Å². The summed E-state index contributed by atoms with van der Waals surface area (Å²) in [6, 6.07) is 6.72. The highest BCUT2D eigenvalue weighted by molar-refractivity contribution is 5.39. The number of nitrogens with one attached hydrogen (secondary N) is 1. The molecule has 2 heteroatoms. The summed E-state index contributed by atoms with van der Waals surface area (Å²) in [6.45, 7) is 8.49. The van der Waals surface area contributed by atoms with Gasteiger partial charge >= 0.3 is 0 Å². The van der Waals surface area contributed by atoms with Crippen molar-refractivity contribution in [2.45, 2.75) is 46.3 Å². The minimum Gasteiger partial charge on any atom is -0.490 e. The van der Waals surface area contributed by atoms with E-state index in [0.717, 1.165) is 12.2 Å². The van der Waals surface area contributed by atoms with Crippen LogP contribution >= 0.6 is 0 Å². The molecule has 0 saturated carbocycles. The molecule has 1 aromatic rings. The van der Waals surface area contributed by atoms with Crippen LogP contribution in [0.15, 0.2) is 18.2 Å². The first-order chi connectivity index (χ1) is 7.58. The Bertz CT molecular complexity index is 336. The van der Waals surface area contributed by atoms with Crippen LogP contribution in [0.3, 0.4) is 0 Å². The molecule has 0 aromatic heterocycles. The van der Waals surface area contributed by atoms with Gasteiger partial charge < -0.3 is 10.1 Å². The van der Waals surface area contributed by atoms with Gasteiger partial charge in [-0.1, -0.05) is 19.1 Å². The molecular weight excluding hydrogens is 198 g/mol. The zero-order valence-corrected chi connectivity index (χ0v) is 11.0. The Morgan fingerprint density at radius 1 is 1.31 bits per heavy atom. The van der Waals surface area contributed by atoms with Gasteiger partial charge in [0.1, 0.15) is 5.75 Å². The van der Waals surface area contributed by atoms with Gasteiger partial charge in [-0.05, 0) is 45.9 Å². The normalized spacial score (nSPS) is 14.6. The van der Waals surface area contributed by atoms with E-state index in [0.29, 0.717) is 6.04 Å². The maximum atomic E-state index is 5.96. The van der Waals surface area contributed by atoms with Crippen LogP contribution in [0.2, 0.25) is 0 Å². The largest absolute Gasteiger partial charge is 0.490 e. The predicted molar refractivity (Wildman–Crippen MR) is 69.0 cm³/mol. The second-order valence-corrected chi connectivity index (χ2v) is 4.39. The van der Waals surface area contributed by atoms with Crippen molar-refractivity contribution >= 4 is 0 Å². The molecule has 0 aliphatic heterocycles. The van der Waals surface area contributed by atoms with E-state index in [9.17, 15) is 0 Å². The summed E-state index contributed by atoms with van der Waals surface area (Å²) < 4.78 is 5.96. The molecule has 1 aromatic carbocycles. The van der Waals surface area contributed by atoms with Crippen molar-refractivity contribution in [3.8, 4) is 5.75 Å². The first-order valence-corrected chi connectivity index (χ1v) is 6.03. The molecule has 0 aliphatic rings. The van der Waals surface area contributed by atoms with E-state index in [4.69, 9.17) is 4.74 Å². The molecule has 0 fully saturated rings. The number of aryl methyl sites for hydroxylation is 1. The molecule has 0 spiro atoms. The summed E-state index contributed by atoms with van der Waals surface area (Å²) in [5.41, 5.74) is 2.47. The average molecular weight is 221 g/mol. The van der Waals surface area contributed by atoms with Crippen LogP contribution in [0.5, 0.6) is 5.75 Å². The third-order valence-electron chi connectivity index (χ3n) is 2.97. The number of rotatable bonds is 5. The third-order valence-corrected chi connectivity index (χ3v) is 2.97. The smallest absolute Gasteiger partial charge is 0.124 e. The third kappa shape index (κ3) is 3.24. The number of hydrogen-bond acceptors (Lipinski definition) is 2. The summed E-state index contributed by atoms with van der Waals surface area (Å²) in [5, 5.41) is 3.25. The van der Waals surface area contributed by atoms with Crippen LogP contribution in [0.4, 0.5) is 0 Å². The second kappa shape index (κ2) is 5.90. The maximum absolute atomic E-state index is 5.96. The van der Waals surface area contributed by atoms with Gasteiger partial charge in [-0.3, -0.25) is 0 Å². The maximum Gasteiger partial charge on any atom is 0.124 e. The number of benzene rings is 1. The summed E-state index contributed by atoms with van der Waals surface area (Å²) >= 11 is 0. The molecule has 2 atom stereocenters. The average Bonchev–Trinajstić information content (AvgIpc) is 2.28. The molecule has 0 heterocycles. The van der Waals surface area contributed by atoms with E-state index in [1.165, 1.54) is 11.1 Å². The minimum absolute atomic E-state index is 0.268. The van der Waals surface area contributed by atoms with Crippen LogP contribution in [0.1, 0.15) is 44.4 Å². The van der Waals surface area contributed by atoms with Gasteiger partial charge in [-0.2, -0.15) is 0 Å². The van der Waals surface area contributed by atoms with Gasteiger partial charge in [-0.15, -0.1) is 0 Å². The quantitative estimate of drug-likeness (QED) is 0.822. The van der Waals surface area contributed by atoms with E-state index >= 15 is 0 Å². The SMILES string of the molecule is CCC(C)Oc1cc(C)ccc1C(C)NC. The summed E-state index contributed by atoms with van der Waals surface area (Å²) in [7, 11) is 1.97.